The average molecular weight is 325 g/mol. The van der Waals surface area contributed by atoms with Crippen molar-refractivity contribution in [1.82, 2.24) is 0 Å². The van der Waals surface area contributed by atoms with Gasteiger partial charge in [-0.2, -0.15) is 0 Å². The smallest absolute Gasteiger partial charge is 0.339 e. The van der Waals surface area contributed by atoms with Crippen LogP contribution in [0.4, 0.5) is 0 Å². The van der Waals surface area contributed by atoms with E-state index in [0.29, 0.717) is 11.5 Å². The first kappa shape index (κ1) is 16.5. The van der Waals surface area contributed by atoms with Crippen molar-refractivity contribution in [3.63, 3.8) is 0 Å². The van der Waals surface area contributed by atoms with Crippen LogP contribution in [0.1, 0.15) is 43.1 Å². The Morgan fingerprint density at radius 3 is 2.42 bits per heavy atom. The molecule has 0 saturated carbocycles. The third-order valence-electron chi connectivity index (χ3n) is 2.55. The van der Waals surface area contributed by atoms with Gasteiger partial charge in [0.15, 0.2) is 0 Å². The van der Waals surface area contributed by atoms with Crippen LogP contribution in [-0.4, -0.2) is 20.5 Å². The first-order valence-corrected chi connectivity index (χ1v) is 9.05. The molecular formula is C12H17ClO4S2. The minimum Gasteiger partial charge on any atom is -0.459 e. The molecule has 0 aliphatic rings. The van der Waals surface area contributed by atoms with E-state index in [1.54, 1.807) is 6.92 Å². The van der Waals surface area contributed by atoms with Gasteiger partial charge in [-0.1, -0.05) is 13.8 Å². The Balaban J connectivity index is 2.88. The zero-order valence-corrected chi connectivity index (χ0v) is 13.7. The van der Waals surface area contributed by atoms with E-state index in [1.807, 2.05) is 20.8 Å². The number of carbonyl (C=O) groups is 1. The summed E-state index contributed by atoms with van der Waals surface area (Å²) in [4.78, 5) is 11.9. The largest absolute Gasteiger partial charge is 0.459 e. The summed E-state index contributed by atoms with van der Waals surface area (Å²) in [6.45, 7) is 7.45. The molecule has 1 rings (SSSR count). The molecule has 0 radical (unpaired) electrons. The normalized spacial score (nSPS) is 13.6. The molecule has 0 aliphatic carbocycles. The van der Waals surface area contributed by atoms with Crippen LogP contribution in [-0.2, 0) is 13.8 Å². The van der Waals surface area contributed by atoms with Crippen LogP contribution in [0.3, 0.4) is 0 Å². The third-order valence-corrected chi connectivity index (χ3v) is 5.85. The summed E-state index contributed by atoms with van der Waals surface area (Å²) in [6, 6.07) is 0. The molecule has 0 N–H and O–H groups in total. The molecule has 0 spiro atoms. The van der Waals surface area contributed by atoms with Crippen LogP contribution in [0, 0.1) is 12.8 Å². The second-order valence-corrected chi connectivity index (χ2v) is 8.49. The maximum Gasteiger partial charge on any atom is 0.339 e. The molecule has 1 heterocycles. The van der Waals surface area contributed by atoms with Crippen LogP contribution >= 0.6 is 22.0 Å². The number of esters is 1. The molecule has 0 aliphatic heterocycles. The van der Waals surface area contributed by atoms with Gasteiger partial charge >= 0.3 is 5.97 Å². The molecule has 4 nitrogen and oxygen atoms in total. The molecule has 1 aromatic rings. The van der Waals surface area contributed by atoms with E-state index < -0.39 is 15.0 Å². The third kappa shape index (κ3) is 4.47. The topological polar surface area (TPSA) is 60.4 Å². The van der Waals surface area contributed by atoms with Gasteiger partial charge in [0, 0.05) is 16.1 Å². The van der Waals surface area contributed by atoms with Crippen molar-refractivity contribution in [1.29, 1.82) is 0 Å². The average Bonchev–Trinajstić information content (AvgIpc) is 2.57. The molecular weight excluding hydrogens is 308 g/mol. The van der Waals surface area contributed by atoms with Crippen molar-refractivity contribution in [2.45, 2.75) is 44.4 Å². The van der Waals surface area contributed by atoms with Gasteiger partial charge in [-0.15, -0.1) is 11.3 Å². The Morgan fingerprint density at radius 2 is 2.00 bits per heavy atom. The second kappa shape index (κ2) is 6.24. The molecule has 0 bridgehead atoms. The van der Waals surface area contributed by atoms with E-state index in [0.717, 1.165) is 17.8 Å². The number of ether oxygens (including phenoxy) is 1. The molecule has 108 valence electrons. The van der Waals surface area contributed by atoms with Gasteiger partial charge in [-0.25, -0.2) is 13.2 Å². The van der Waals surface area contributed by atoms with Gasteiger partial charge in [-0.3, -0.25) is 0 Å². The monoisotopic (exact) mass is 324 g/mol. The number of thiophene rings is 1. The van der Waals surface area contributed by atoms with E-state index in [2.05, 4.69) is 0 Å². The highest BCUT2D eigenvalue weighted by molar-refractivity contribution is 8.15. The first-order valence-electron chi connectivity index (χ1n) is 5.86. The molecule has 0 amide bonds. The summed E-state index contributed by atoms with van der Waals surface area (Å²) in [5.41, 5.74) is 0.613. The summed E-state index contributed by atoms with van der Waals surface area (Å²) in [6.07, 6.45) is 0.554. The van der Waals surface area contributed by atoms with Crippen molar-refractivity contribution in [2.75, 3.05) is 0 Å². The Hall–Kier alpha value is -0.590. The van der Waals surface area contributed by atoms with Gasteiger partial charge in [0.1, 0.15) is 4.21 Å². The van der Waals surface area contributed by atoms with E-state index in [9.17, 15) is 13.2 Å². The maximum absolute atomic E-state index is 11.9. The summed E-state index contributed by atoms with van der Waals surface area (Å²) < 4.78 is 27.8. The fourth-order valence-corrected chi connectivity index (χ4v) is 4.34. The maximum atomic E-state index is 11.9. The van der Waals surface area contributed by atoms with Crippen LogP contribution in [0.2, 0.25) is 0 Å². The number of carbonyl (C=O) groups excluding carboxylic acids is 1. The lowest BCUT2D eigenvalue weighted by atomic mass is 10.1. The zero-order valence-electron chi connectivity index (χ0n) is 11.3. The van der Waals surface area contributed by atoms with Crippen molar-refractivity contribution in [3.05, 3.63) is 16.5 Å². The van der Waals surface area contributed by atoms with Gasteiger partial charge < -0.3 is 4.74 Å². The lowest BCUT2D eigenvalue weighted by Crippen LogP contribution is -2.17. The summed E-state index contributed by atoms with van der Waals surface area (Å²) in [7, 11) is 1.48. The number of hydrogen-bond donors (Lipinski definition) is 0. The Kier molecular flexibility index (Phi) is 5.41. The molecule has 1 aromatic heterocycles. The predicted octanol–water partition coefficient (Wildman–Crippen LogP) is 3.58. The van der Waals surface area contributed by atoms with Crippen molar-refractivity contribution in [2.24, 2.45) is 5.92 Å². The molecule has 0 fully saturated rings. The highest BCUT2D eigenvalue weighted by Gasteiger charge is 2.23. The standard InChI is InChI=1S/C12H17ClO4S2/c1-7(2)5-8(3)17-11(14)10-6-18-12(9(10)4)19(13,15)16/h6-8H,5H2,1-4H3. The summed E-state index contributed by atoms with van der Waals surface area (Å²) >= 11 is 0.932. The van der Waals surface area contributed by atoms with Crippen LogP contribution < -0.4 is 0 Å². The van der Waals surface area contributed by atoms with E-state index in [-0.39, 0.29) is 15.9 Å². The highest BCUT2D eigenvalue weighted by atomic mass is 35.7. The van der Waals surface area contributed by atoms with Crippen LogP contribution in [0.25, 0.3) is 0 Å². The van der Waals surface area contributed by atoms with E-state index in [1.165, 1.54) is 5.38 Å². The van der Waals surface area contributed by atoms with Gasteiger partial charge in [0.2, 0.25) is 0 Å². The fourth-order valence-electron chi connectivity index (χ4n) is 1.80. The molecule has 0 aromatic carbocycles. The Morgan fingerprint density at radius 1 is 1.42 bits per heavy atom. The quantitative estimate of drug-likeness (QED) is 0.613. The lowest BCUT2D eigenvalue weighted by molar-refractivity contribution is 0.0299. The molecule has 1 unspecified atom stereocenters. The minimum absolute atomic E-state index is 0.00220. The van der Waals surface area contributed by atoms with E-state index in [4.69, 9.17) is 15.4 Å². The molecule has 0 saturated heterocycles. The van der Waals surface area contributed by atoms with Crippen LogP contribution in [0.15, 0.2) is 9.59 Å². The summed E-state index contributed by atoms with van der Waals surface area (Å²) in [5, 5.41) is 1.47. The summed E-state index contributed by atoms with van der Waals surface area (Å²) in [5.74, 6) is -0.0846. The lowest BCUT2D eigenvalue weighted by Gasteiger charge is -2.15. The van der Waals surface area contributed by atoms with Crippen molar-refractivity contribution >= 4 is 37.0 Å². The van der Waals surface area contributed by atoms with Crippen molar-refractivity contribution in [3.8, 4) is 0 Å². The number of rotatable bonds is 5. The number of halogens is 1. The predicted molar refractivity (Wildman–Crippen MR) is 76.4 cm³/mol. The Labute approximate surface area is 122 Å². The SMILES string of the molecule is Cc1c(C(=O)OC(C)CC(C)C)csc1S(=O)(=O)Cl. The Bertz CT molecular complexity index is 560. The first-order chi connectivity index (χ1) is 8.62. The van der Waals surface area contributed by atoms with Crippen LogP contribution in [0.5, 0.6) is 0 Å². The zero-order chi connectivity index (χ0) is 14.8. The van der Waals surface area contributed by atoms with Gasteiger partial charge in [-0.05, 0) is 31.7 Å². The molecule has 19 heavy (non-hydrogen) atoms. The van der Waals surface area contributed by atoms with E-state index >= 15 is 0 Å². The highest BCUT2D eigenvalue weighted by Crippen LogP contribution is 2.30. The van der Waals surface area contributed by atoms with Gasteiger partial charge in [0.25, 0.3) is 9.05 Å². The fraction of sp³-hybridized carbons (Fsp3) is 0.583. The van der Waals surface area contributed by atoms with Crippen molar-refractivity contribution < 1.29 is 17.9 Å². The molecule has 7 heteroatoms. The minimum atomic E-state index is -3.81. The second-order valence-electron chi connectivity index (χ2n) is 4.85. The van der Waals surface area contributed by atoms with Gasteiger partial charge in [0.05, 0.1) is 11.7 Å². The molecule has 1 atom stereocenters. The number of hydrogen-bond acceptors (Lipinski definition) is 5.